The Morgan fingerprint density at radius 1 is 0.923 bits per heavy atom. The molecular weight excluding hydrogens is 360 g/mol. The highest BCUT2D eigenvalue weighted by atomic mass is 35.5. The van der Waals surface area contributed by atoms with Gasteiger partial charge in [0, 0.05) is 32.1 Å². The molecule has 0 aliphatic heterocycles. The Morgan fingerprint density at radius 2 is 1.77 bits per heavy atom. The minimum absolute atomic E-state index is 0.740. The van der Waals surface area contributed by atoms with Gasteiger partial charge in [-0.2, -0.15) is 0 Å². The molecule has 0 aliphatic carbocycles. The van der Waals surface area contributed by atoms with E-state index in [9.17, 15) is 0 Å². The van der Waals surface area contributed by atoms with E-state index in [2.05, 4.69) is 66.7 Å². The van der Waals surface area contributed by atoms with Crippen molar-refractivity contribution < 1.29 is 0 Å². The predicted molar refractivity (Wildman–Crippen MR) is 111 cm³/mol. The first-order valence-electron chi connectivity index (χ1n) is 8.50. The largest absolute Gasteiger partial charge is 0.311 e. The molecule has 26 heavy (non-hydrogen) atoms. The summed E-state index contributed by atoms with van der Waals surface area (Å²) in [7, 11) is 0. The molecule has 0 atom stereocenters. The van der Waals surface area contributed by atoms with Gasteiger partial charge in [0.2, 0.25) is 0 Å². The molecule has 0 amide bonds. The number of halogens is 1. The second-order valence-electron chi connectivity index (χ2n) is 6.55. The van der Waals surface area contributed by atoms with Gasteiger partial charge in [-0.1, -0.05) is 47.1 Å². The standard InChI is InChI=1S/C22H19ClN2S/c1-14-5-4-6-19(10-14)26-22-16(3)25(18-9-15(2)12-24-13-18)21-11-17(23)7-8-20(21)22/h4-13H,1-3H3. The van der Waals surface area contributed by atoms with Crippen LogP contribution in [-0.2, 0) is 0 Å². The summed E-state index contributed by atoms with van der Waals surface area (Å²) in [4.78, 5) is 6.87. The van der Waals surface area contributed by atoms with Crippen molar-refractivity contribution in [3.8, 4) is 5.69 Å². The van der Waals surface area contributed by atoms with Crippen molar-refractivity contribution >= 4 is 34.3 Å². The van der Waals surface area contributed by atoms with Gasteiger partial charge in [0.25, 0.3) is 0 Å². The van der Waals surface area contributed by atoms with Gasteiger partial charge in [-0.15, -0.1) is 0 Å². The van der Waals surface area contributed by atoms with Gasteiger partial charge in [-0.05, 0) is 56.7 Å². The van der Waals surface area contributed by atoms with Crippen LogP contribution in [0.15, 0.2) is 70.7 Å². The highest BCUT2D eigenvalue weighted by Gasteiger charge is 2.17. The van der Waals surface area contributed by atoms with Crippen molar-refractivity contribution in [2.45, 2.75) is 30.6 Å². The average molecular weight is 379 g/mol. The summed E-state index contributed by atoms with van der Waals surface area (Å²) in [5.74, 6) is 0. The highest BCUT2D eigenvalue weighted by Crippen LogP contribution is 2.40. The van der Waals surface area contributed by atoms with Crippen molar-refractivity contribution in [3.63, 3.8) is 0 Å². The number of hydrogen-bond acceptors (Lipinski definition) is 2. The number of fused-ring (bicyclic) bond motifs is 1. The Labute approximate surface area is 162 Å². The molecule has 0 spiro atoms. The lowest BCUT2D eigenvalue weighted by atomic mass is 10.2. The molecule has 4 heteroatoms. The lowest BCUT2D eigenvalue weighted by Gasteiger charge is -2.09. The predicted octanol–water partition coefficient (Wildman–Crippen LogP) is 6.76. The molecule has 0 N–H and O–H groups in total. The molecule has 130 valence electrons. The fraction of sp³-hybridized carbons (Fsp3) is 0.136. The van der Waals surface area contributed by atoms with E-state index in [4.69, 9.17) is 11.6 Å². The SMILES string of the molecule is Cc1cccc(Sc2c(C)n(-c3cncc(C)c3)c3cc(Cl)ccc23)c1. The van der Waals surface area contributed by atoms with Gasteiger partial charge < -0.3 is 4.57 Å². The number of rotatable bonds is 3. The van der Waals surface area contributed by atoms with E-state index in [-0.39, 0.29) is 0 Å². The third-order valence-electron chi connectivity index (χ3n) is 4.44. The monoisotopic (exact) mass is 378 g/mol. The van der Waals surface area contributed by atoms with Crippen molar-refractivity contribution in [3.05, 3.63) is 82.8 Å². The third kappa shape index (κ3) is 3.13. The average Bonchev–Trinajstić information content (AvgIpc) is 2.86. The van der Waals surface area contributed by atoms with Crippen molar-refractivity contribution in [2.75, 3.05) is 0 Å². The quantitative estimate of drug-likeness (QED) is 0.392. The molecule has 0 fully saturated rings. The van der Waals surface area contributed by atoms with Crippen molar-refractivity contribution in [1.29, 1.82) is 0 Å². The maximum atomic E-state index is 6.32. The summed E-state index contributed by atoms with van der Waals surface area (Å²) in [6.45, 7) is 6.35. The van der Waals surface area contributed by atoms with Crippen LogP contribution in [0.5, 0.6) is 0 Å². The first kappa shape index (κ1) is 17.2. The van der Waals surface area contributed by atoms with E-state index < -0.39 is 0 Å². The Hall–Kier alpha value is -2.23. The van der Waals surface area contributed by atoms with Gasteiger partial charge in [0.05, 0.1) is 17.4 Å². The van der Waals surface area contributed by atoms with Gasteiger partial charge in [0.1, 0.15) is 0 Å². The first-order chi connectivity index (χ1) is 12.5. The van der Waals surface area contributed by atoms with E-state index in [0.717, 1.165) is 21.8 Å². The van der Waals surface area contributed by atoms with Gasteiger partial charge >= 0.3 is 0 Å². The Kier molecular flexibility index (Phi) is 4.51. The molecular formula is C22H19ClN2S. The molecule has 0 bridgehead atoms. The molecule has 0 saturated carbocycles. The maximum absolute atomic E-state index is 6.32. The van der Waals surface area contributed by atoms with Crippen LogP contribution >= 0.6 is 23.4 Å². The molecule has 0 saturated heterocycles. The Bertz CT molecular complexity index is 1110. The normalized spacial score (nSPS) is 11.2. The number of benzene rings is 2. The number of aromatic nitrogens is 2. The lowest BCUT2D eigenvalue weighted by Crippen LogP contribution is -1.98. The molecule has 0 radical (unpaired) electrons. The van der Waals surface area contributed by atoms with E-state index in [0.29, 0.717) is 0 Å². The third-order valence-corrected chi connectivity index (χ3v) is 5.88. The molecule has 0 aliphatic rings. The van der Waals surface area contributed by atoms with Crippen LogP contribution in [0, 0.1) is 20.8 Å². The number of nitrogens with zero attached hydrogens (tertiary/aromatic N) is 2. The Morgan fingerprint density at radius 3 is 2.54 bits per heavy atom. The fourth-order valence-electron chi connectivity index (χ4n) is 3.28. The minimum Gasteiger partial charge on any atom is -0.311 e. The van der Waals surface area contributed by atoms with Crippen LogP contribution < -0.4 is 0 Å². The molecule has 4 aromatic rings. The second-order valence-corrected chi connectivity index (χ2v) is 8.07. The van der Waals surface area contributed by atoms with Crippen LogP contribution in [-0.4, -0.2) is 9.55 Å². The van der Waals surface area contributed by atoms with Crippen LogP contribution in [0.2, 0.25) is 5.02 Å². The zero-order valence-electron chi connectivity index (χ0n) is 15.0. The van der Waals surface area contributed by atoms with Gasteiger partial charge in [-0.3, -0.25) is 4.98 Å². The van der Waals surface area contributed by atoms with E-state index >= 15 is 0 Å². The van der Waals surface area contributed by atoms with E-state index in [1.54, 1.807) is 11.8 Å². The van der Waals surface area contributed by atoms with E-state index in [1.807, 2.05) is 24.5 Å². The molecule has 4 rings (SSSR count). The number of hydrogen-bond donors (Lipinski definition) is 0. The number of aryl methyl sites for hydroxylation is 2. The lowest BCUT2D eigenvalue weighted by molar-refractivity contribution is 1.01. The second kappa shape index (κ2) is 6.82. The summed E-state index contributed by atoms with van der Waals surface area (Å²) >= 11 is 8.12. The summed E-state index contributed by atoms with van der Waals surface area (Å²) in [5, 5.41) is 1.95. The van der Waals surface area contributed by atoms with E-state index in [1.165, 1.54) is 26.4 Å². The zero-order chi connectivity index (χ0) is 18.3. The summed E-state index contributed by atoms with van der Waals surface area (Å²) in [6.07, 6.45) is 3.78. The summed E-state index contributed by atoms with van der Waals surface area (Å²) < 4.78 is 2.25. The van der Waals surface area contributed by atoms with Gasteiger partial charge in [-0.25, -0.2) is 0 Å². The molecule has 2 aromatic carbocycles. The fourth-order valence-corrected chi connectivity index (χ4v) is 4.59. The van der Waals surface area contributed by atoms with Crippen molar-refractivity contribution in [1.82, 2.24) is 9.55 Å². The molecule has 2 heterocycles. The number of pyridine rings is 1. The van der Waals surface area contributed by atoms with Crippen LogP contribution in [0.3, 0.4) is 0 Å². The van der Waals surface area contributed by atoms with Crippen molar-refractivity contribution in [2.24, 2.45) is 0 Å². The van der Waals surface area contributed by atoms with Gasteiger partial charge in [0.15, 0.2) is 0 Å². The topological polar surface area (TPSA) is 17.8 Å². The highest BCUT2D eigenvalue weighted by molar-refractivity contribution is 7.99. The van der Waals surface area contributed by atoms with Crippen LogP contribution in [0.4, 0.5) is 0 Å². The van der Waals surface area contributed by atoms with Crippen LogP contribution in [0.25, 0.3) is 16.6 Å². The first-order valence-corrected chi connectivity index (χ1v) is 9.69. The maximum Gasteiger partial charge on any atom is 0.0645 e. The molecule has 2 aromatic heterocycles. The molecule has 2 nitrogen and oxygen atoms in total. The molecule has 0 unspecified atom stereocenters. The minimum atomic E-state index is 0.740. The summed E-state index contributed by atoms with van der Waals surface area (Å²) in [5.41, 5.74) is 5.77. The smallest absolute Gasteiger partial charge is 0.0645 e. The van der Waals surface area contributed by atoms with Crippen LogP contribution in [0.1, 0.15) is 16.8 Å². The Balaban J connectivity index is 1.95. The zero-order valence-corrected chi connectivity index (χ0v) is 16.5. The summed E-state index contributed by atoms with van der Waals surface area (Å²) in [6, 6.07) is 16.9.